The molecule has 5 nitrogen and oxygen atoms in total. The number of carbonyl (C=O) groups excluding carboxylic acids is 1. The smallest absolute Gasteiger partial charge is 0.224 e. The standard InChI is InChI=1S/C16H22N4O/c1-4-16(21)19-14-7-5-13(6-8-14)18-10-15-9-17-11-20(15)12(2)3/h5-9,11-12,18H,4,10H2,1-3H3,(H,19,21). The monoisotopic (exact) mass is 286 g/mol. The first-order chi connectivity index (χ1) is 10.1. The molecule has 1 aromatic carbocycles. The number of aromatic nitrogens is 2. The number of hydrogen-bond acceptors (Lipinski definition) is 3. The Balaban J connectivity index is 1.94. The Kier molecular flexibility index (Phi) is 4.98. The summed E-state index contributed by atoms with van der Waals surface area (Å²) >= 11 is 0. The van der Waals surface area contributed by atoms with Gasteiger partial charge in [0.2, 0.25) is 5.91 Å². The highest BCUT2D eigenvalue weighted by atomic mass is 16.1. The Hall–Kier alpha value is -2.30. The molecular weight excluding hydrogens is 264 g/mol. The maximum Gasteiger partial charge on any atom is 0.224 e. The van der Waals surface area contributed by atoms with Crippen LogP contribution >= 0.6 is 0 Å². The molecule has 2 aromatic rings. The molecule has 0 aliphatic carbocycles. The van der Waals surface area contributed by atoms with Crippen molar-refractivity contribution in [1.82, 2.24) is 9.55 Å². The predicted molar refractivity (Wildman–Crippen MR) is 85.3 cm³/mol. The second-order valence-corrected chi connectivity index (χ2v) is 5.22. The fourth-order valence-corrected chi connectivity index (χ4v) is 2.05. The summed E-state index contributed by atoms with van der Waals surface area (Å²) in [5.74, 6) is 0.0246. The summed E-state index contributed by atoms with van der Waals surface area (Å²) in [5.41, 5.74) is 2.98. The highest BCUT2D eigenvalue weighted by Crippen LogP contribution is 2.16. The van der Waals surface area contributed by atoms with Gasteiger partial charge in [-0.15, -0.1) is 0 Å². The summed E-state index contributed by atoms with van der Waals surface area (Å²) in [5, 5.41) is 6.19. The lowest BCUT2D eigenvalue weighted by molar-refractivity contribution is -0.115. The molecule has 0 aliphatic rings. The number of benzene rings is 1. The summed E-state index contributed by atoms with van der Waals surface area (Å²) in [6, 6.07) is 8.12. The van der Waals surface area contributed by atoms with Crippen LogP contribution in [0.2, 0.25) is 0 Å². The lowest BCUT2D eigenvalue weighted by Crippen LogP contribution is -2.10. The summed E-state index contributed by atoms with van der Waals surface area (Å²) in [6.07, 6.45) is 4.22. The molecule has 1 aromatic heterocycles. The predicted octanol–water partition coefficient (Wildman–Crippen LogP) is 3.42. The largest absolute Gasteiger partial charge is 0.379 e. The molecule has 21 heavy (non-hydrogen) atoms. The van der Waals surface area contributed by atoms with E-state index in [1.165, 1.54) is 0 Å². The van der Waals surface area contributed by atoms with Gasteiger partial charge >= 0.3 is 0 Å². The SMILES string of the molecule is CCC(=O)Nc1ccc(NCc2cncn2C(C)C)cc1. The van der Waals surface area contributed by atoms with Crippen LogP contribution in [0.3, 0.4) is 0 Å². The number of imidazole rings is 1. The minimum Gasteiger partial charge on any atom is -0.379 e. The number of nitrogens with one attached hydrogen (secondary N) is 2. The molecule has 2 rings (SSSR count). The lowest BCUT2D eigenvalue weighted by atomic mass is 10.2. The second-order valence-electron chi connectivity index (χ2n) is 5.22. The molecule has 0 unspecified atom stereocenters. The van der Waals surface area contributed by atoms with E-state index in [9.17, 15) is 4.79 Å². The van der Waals surface area contributed by atoms with E-state index >= 15 is 0 Å². The second kappa shape index (κ2) is 6.92. The third kappa shape index (κ3) is 4.08. The highest BCUT2D eigenvalue weighted by molar-refractivity contribution is 5.90. The van der Waals surface area contributed by atoms with Crippen LogP contribution in [0.4, 0.5) is 11.4 Å². The average molecular weight is 286 g/mol. The van der Waals surface area contributed by atoms with Gasteiger partial charge in [0.1, 0.15) is 0 Å². The fourth-order valence-electron chi connectivity index (χ4n) is 2.05. The van der Waals surface area contributed by atoms with E-state index in [0.717, 1.165) is 23.6 Å². The van der Waals surface area contributed by atoms with E-state index in [4.69, 9.17) is 0 Å². The van der Waals surface area contributed by atoms with E-state index in [0.29, 0.717) is 12.5 Å². The van der Waals surface area contributed by atoms with Crippen LogP contribution in [0.25, 0.3) is 0 Å². The number of carbonyl (C=O) groups is 1. The Labute approximate surface area is 125 Å². The van der Waals surface area contributed by atoms with Crippen LogP contribution in [0, 0.1) is 0 Å². The topological polar surface area (TPSA) is 59.0 Å². The van der Waals surface area contributed by atoms with Crippen molar-refractivity contribution >= 4 is 17.3 Å². The molecule has 0 fully saturated rings. The van der Waals surface area contributed by atoms with Crippen LogP contribution in [0.15, 0.2) is 36.8 Å². The van der Waals surface area contributed by atoms with Gasteiger partial charge in [0, 0.05) is 30.0 Å². The van der Waals surface area contributed by atoms with Crippen LogP contribution in [-0.4, -0.2) is 15.5 Å². The molecule has 1 heterocycles. The molecule has 0 aliphatic heterocycles. The number of anilines is 2. The number of amides is 1. The third-order valence-electron chi connectivity index (χ3n) is 3.27. The van der Waals surface area contributed by atoms with E-state index in [1.807, 2.05) is 43.7 Å². The summed E-state index contributed by atoms with van der Waals surface area (Å²) < 4.78 is 2.14. The summed E-state index contributed by atoms with van der Waals surface area (Å²) in [6.45, 7) is 6.83. The third-order valence-corrected chi connectivity index (χ3v) is 3.27. The van der Waals surface area contributed by atoms with Crippen molar-refractivity contribution < 1.29 is 4.79 Å². The first kappa shape index (κ1) is 15.1. The number of hydrogen-bond donors (Lipinski definition) is 2. The van der Waals surface area contributed by atoms with Crippen molar-refractivity contribution in [1.29, 1.82) is 0 Å². The summed E-state index contributed by atoms with van der Waals surface area (Å²) in [7, 11) is 0. The van der Waals surface area contributed by atoms with Gasteiger partial charge < -0.3 is 15.2 Å². The van der Waals surface area contributed by atoms with Gasteiger partial charge in [-0.2, -0.15) is 0 Å². The van der Waals surface area contributed by atoms with Crippen LogP contribution < -0.4 is 10.6 Å². The van der Waals surface area contributed by atoms with Crippen LogP contribution in [0.5, 0.6) is 0 Å². The Morgan fingerprint density at radius 3 is 2.52 bits per heavy atom. The molecule has 0 bridgehead atoms. The first-order valence-corrected chi connectivity index (χ1v) is 7.24. The van der Waals surface area contributed by atoms with Gasteiger partial charge in [-0.1, -0.05) is 6.92 Å². The quantitative estimate of drug-likeness (QED) is 0.855. The Morgan fingerprint density at radius 1 is 1.24 bits per heavy atom. The van der Waals surface area contributed by atoms with Gasteiger partial charge in [-0.3, -0.25) is 4.79 Å². The minimum atomic E-state index is 0.0246. The zero-order valence-electron chi connectivity index (χ0n) is 12.8. The highest BCUT2D eigenvalue weighted by Gasteiger charge is 2.05. The van der Waals surface area contributed by atoms with Gasteiger partial charge in [-0.25, -0.2) is 4.98 Å². The zero-order valence-corrected chi connectivity index (χ0v) is 12.8. The van der Waals surface area contributed by atoms with Crippen molar-refractivity contribution in [2.24, 2.45) is 0 Å². The molecule has 0 atom stereocenters. The van der Waals surface area contributed by atoms with Crippen molar-refractivity contribution in [3.05, 3.63) is 42.5 Å². The molecule has 0 radical (unpaired) electrons. The zero-order chi connectivity index (χ0) is 15.2. The molecule has 5 heteroatoms. The first-order valence-electron chi connectivity index (χ1n) is 7.24. The number of rotatable bonds is 6. The lowest BCUT2D eigenvalue weighted by Gasteiger charge is -2.13. The maximum atomic E-state index is 11.3. The molecule has 2 N–H and O–H groups in total. The van der Waals surface area contributed by atoms with E-state index in [1.54, 1.807) is 0 Å². The van der Waals surface area contributed by atoms with Crippen molar-refractivity contribution in [2.45, 2.75) is 39.8 Å². The van der Waals surface area contributed by atoms with Gasteiger partial charge in [-0.05, 0) is 38.1 Å². The Morgan fingerprint density at radius 2 is 1.90 bits per heavy atom. The van der Waals surface area contributed by atoms with Crippen molar-refractivity contribution in [3.8, 4) is 0 Å². The molecule has 112 valence electrons. The molecule has 0 saturated heterocycles. The molecule has 0 spiro atoms. The molecule has 1 amide bonds. The van der Waals surface area contributed by atoms with Crippen molar-refractivity contribution in [3.63, 3.8) is 0 Å². The van der Waals surface area contributed by atoms with Gasteiger partial charge in [0.05, 0.1) is 18.6 Å². The Bertz CT molecular complexity index is 587. The normalized spacial score (nSPS) is 10.7. The van der Waals surface area contributed by atoms with E-state index in [2.05, 4.69) is 34.0 Å². The van der Waals surface area contributed by atoms with Crippen LogP contribution in [0.1, 0.15) is 38.9 Å². The summed E-state index contributed by atoms with van der Waals surface area (Å²) in [4.78, 5) is 15.5. The molecular formula is C16H22N4O. The minimum absolute atomic E-state index is 0.0246. The fraction of sp³-hybridized carbons (Fsp3) is 0.375. The average Bonchev–Trinajstić information content (AvgIpc) is 2.95. The van der Waals surface area contributed by atoms with Crippen LogP contribution in [-0.2, 0) is 11.3 Å². The number of nitrogens with zero attached hydrogens (tertiary/aromatic N) is 2. The maximum absolute atomic E-state index is 11.3. The van der Waals surface area contributed by atoms with E-state index < -0.39 is 0 Å². The van der Waals surface area contributed by atoms with Gasteiger partial charge in [0.15, 0.2) is 0 Å². The molecule has 0 saturated carbocycles. The van der Waals surface area contributed by atoms with Gasteiger partial charge in [0.25, 0.3) is 0 Å². The van der Waals surface area contributed by atoms with Crippen molar-refractivity contribution in [2.75, 3.05) is 10.6 Å². The van der Waals surface area contributed by atoms with E-state index in [-0.39, 0.29) is 5.91 Å².